The molecule has 0 saturated carbocycles. The van der Waals surface area contributed by atoms with Crippen molar-refractivity contribution in [2.24, 2.45) is 5.92 Å². The van der Waals surface area contributed by atoms with Crippen molar-refractivity contribution in [3.63, 3.8) is 0 Å². The molecular formula is C22H27N5O2. The van der Waals surface area contributed by atoms with E-state index in [0.717, 1.165) is 50.7 Å². The van der Waals surface area contributed by atoms with E-state index in [9.17, 15) is 4.79 Å². The van der Waals surface area contributed by atoms with Gasteiger partial charge in [0.15, 0.2) is 5.52 Å². The predicted molar refractivity (Wildman–Crippen MR) is 110 cm³/mol. The molecule has 2 aliphatic heterocycles. The van der Waals surface area contributed by atoms with Crippen LogP contribution in [0.5, 0.6) is 0 Å². The number of fused-ring (bicyclic) bond motifs is 1. The number of likely N-dealkylation sites (tertiary alicyclic amines) is 1. The van der Waals surface area contributed by atoms with Crippen LogP contribution >= 0.6 is 0 Å². The van der Waals surface area contributed by atoms with Crippen LogP contribution in [0, 0.1) is 5.92 Å². The highest BCUT2D eigenvalue weighted by Gasteiger charge is 2.33. The molecule has 1 N–H and O–H groups in total. The molecule has 0 spiro atoms. The van der Waals surface area contributed by atoms with E-state index in [4.69, 9.17) is 9.84 Å². The van der Waals surface area contributed by atoms with Crippen molar-refractivity contribution in [1.29, 1.82) is 0 Å². The summed E-state index contributed by atoms with van der Waals surface area (Å²) in [6.45, 7) is 6.49. The van der Waals surface area contributed by atoms with Crippen molar-refractivity contribution >= 4 is 5.52 Å². The zero-order valence-electron chi connectivity index (χ0n) is 16.8. The molecule has 1 aromatic carbocycles. The Bertz CT molecular complexity index is 1040. The molecule has 5 rings (SSSR count). The first-order valence-corrected chi connectivity index (χ1v) is 10.5. The van der Waals surface area contributed by atoms with Crippen molar-refractivity contribution in [2.45, 2.75) is 38.1 Å². The molecule has 2 aromatic heterocycles. The summed E-state index contributed by atoms with van der Waals surface area (Å²) in [5.74, 6) is 2.43. The second-order valence-electron chi connectivity index (χ2n) is 8.43. The first-order chi connectivity index (χ1) is 14.2. The molecule has 2 aliphatic rings. The van der Waals surface area contributed by atoms with Gasteiger partial charge < -0.3 is 9.72 Å². The SMILES string of the molecule is CC1CN(Cc2ccccc2)CC1c1nn2c(C3CCCOC3)ncc2c(=O)[nH]1. The lowest BCUT2D eigenvalue weighted by molar-refractivity contribution is 0.0775. The summed E-state index contributed by atoms with van der Waals surface area (Å²) in [6.07, 6.45) is 3.68. The van der Waals surface area contributed by atoms with Crippen molar-refractivity contribution in [1.82, 2.24) is 24.5 Å². The average molecular weight is 393 g/mol. The third-order valence-corrected chi connectivity index (χ3v) is 6.26. The summed E-state index contributed by atoms with van der Waals surface area (Å²) in [7, 11) is 0. The summed E-state index contributed by atoms with van der Waals surface area (Å²) in [5.41, 5.74) is 1.71. The second kappa shape index (κ2) is 7.72. The smallest absolute Gasteiger partial charge is 0.276 e. The fraction of sp³-hybridized carbons (Fsp3) is 0.500. The Morgan fingerprint density at radius 1 is 1.24 bits per heavy atom. The van der Waals surface area contributed by atoms with Gasteiger partial charge in [-0.25, -0.2) is 9.50 Å². The first kappa shape index (κ1) is 18.5. The molecule has 3 aromatic rings. The highest BCUT2D eigenvalue weighted by Crippen LogP contribution is 2.31. The van der Waals surface area contributed by atoms with E-state index < -0.39 is 0 Å². The molecule has 2 saturated heterocycles. The van der Waals surface area contributed by atoms with Crippen LogP contribution in [-0.2, 0) is 11.3 Å². The van der Waals surface area contributed by atoms with Gasteiger partial charge in [-0.1, -0.05) is 37.3 Å². The molecule has 7 nitrogen and oxygen atoms in total. The standard InChI is InChI=1S/C22H27N5O2/c1-15-11-26(12-16-6-3-2-4-7-16)13-18(15)20-24-22(28)19-10-23-21(27(19)25-20)17-8-5-9-29-14-17/h2-4,6-7,10,15,17-18H,5,8-9,11-14H2,1H3,(H,24,25,28). The molecule has 29 heavy (non-hydrogen) atoms. The zero-order valence-corrected chi connectivity index (χ0v) is 16.8. The van der Waals surface area contributed by atoms with Gasteiger partial charge >= 0.3 is 0 Å². The molecule has 0 radical (unpaired) electrons. The molecule has 0 aliphatic carbocycles. The van der Waals surface area contributed by atoms with E-state index in [1.807, 2.05) is 6.07 Å². The van der Waals surface area contributed by atoms with Crippen LogP contribution in [0.3, 0.4) is 0 Å². The molecule has 3 unspecified atom stereocenters. The van der Waals surface area contributed by atoms with Gasteiger partial charge in [0.25, 0.3) is 5.56 Å². The van der Waals surface area contributed by atoms with E-state index in [2.05, 4.69) is 46.1 Å². The summed E-state index contributed by atoms with van der Waals surface area (Å²) in [4.78, 5) is 22.7. The summed E-state index contributed by atoms with van der Waals surface area (Å²) in [6, 6.07) is 10.5. The topological polar surface area (TPSA) is 75.5 Å². The fourth-order valence-corrected chi connectivity index (χ4v) is 4.72. The van der Waals surface area contributed by atoms with E-state index >= 15 is 0 Å². The minimum absolute atomic E-state index is 0.112. The monoisotopic (exact) mass is 393 g/mol. The number of hydrogen-bond acceptors (Lipinski definition) is 5. The van der Waals surface area contributed by atoms with Crippen LogP contribution in [-0.4, -0.2) is 50.8 Å². The number of ether oxygens (including phenoxy) is 1. The molecule has 4 heterocycles. The van der Waals surface area contributed by atoms with Crippen LogP contribution in [0.2, 0.25) is 0 Å². The van der Waals surface area contributed by atoms with Crippen LogP contribution < -0.4 is 5.56 Å². The Labute approximate surface area is 169 Å². The largest absolute Gasteiger partial charge is 0.381 e. The molecule has 7 heteroatoms. The van der Waals surface area contributed by atoms with Gasteiger partial charge in [0.2, 0.25) is 0 Å². The van der Waals surface area contributed by atoms with Gasteiger partial charge in [-0.15, -0.1) is 0 Å². The maximum Gasteiger partial charge on any atom is 0.276 e. The molecule has 152 valence electrons. The van der Waals surface area contributed by atoms with Crippen molar-refractivity contribution in [2.75, 3.05) is 26.3 Å². The lowest BCUT2D eigenvalue weighted by Crippen LogP contribution is -2.24. The number of imidazole rings is 1. The highest BCUT2D eigenvalue weighted by atomic mass is 16.5. The number of nitrogens with zero attached hydrogens (tertiary/aromatic N) is 4. The predicted octanol–water partition coefficient (Wildman–Crippen LogP) is 2.55. The van der Waals surface area contributed by atoms with Crippen LogP contribution in [0.15, 0.2) is 41.3 Å². The van der Waals surface area contributed by atoms with E-state index in [1.54, 1.807) is 10.7 Å². The van der Waals surface area contributed by atoms with Crippen molar-refractivity contribution in [3.05, 3.63) is 64.1 Å². The normalized spacial score (nSPS) is 25.6. The van der Waals surface area contributed by atoms with Crippen LogP contribution in [0.25, 0.3) is 5.52 Å². The Kier molecular flexibility index (Phi) is 4.93. The zero-order chi connectivity index (χ0) is 19.8. The Hall–Kier alpha value is -2.51. The maximum absolute atomic E-state index is 12.7. The molecule has 3 atom stereocenters. The Morgan fingerprint density at radius 3 is 2.90 bits per heavy atom. The highest BCUT2D eigenvalue weighted by molar-refractivity contribution is 5.42. The number of nitrogens with one attached hydrogen (secondary N) is 1. The van der Waals surface area contributed by atoms with E-state index in [-0.39, 0.29) is 17.4 Å². The fourth-order valence-electron chi connectivity index (χ4n) is 4.72. The number of H-pyrrole nitrogens is 1. The maximum atomic E-state index is 12.7. The third kappa shape index (κ3) is 3.60. The lowest BCUT2D eigenvalue weighted by atomic mass is 9.97. The van der Waals surface area contributed by atoms with E-state index in [1.165, 1.54) is 5.56 Å². The summed E-state index contributed by atoms with van der Waals surface area (Å²) < 4.78 is 7.39. The lowest BCUT2D eigenvalue weighted by Gasteiger charge is -2.21. The van der Waals surface area contributed by atoms with Gasteiger partial charge in [0.1, 0.15) is 11.6 Å². The molecular weight excluding hydrogens is 366 g/mol. The van der Waals surface area contributed by atoms with Crippen LogP contribution in [0.1, 0.15) is 48.8 Å². The molecule has 2 fully saturated rings. The van der Waals surface area contributed by atoms with Crippen molar-refractivity contribution < 1.29 is 4.74 Å². The number of benzene rings is 1. The summed E-state index contributed by atoms with van der Waals surface area (Å²) in [5, 5.41) is 4.86. The number of aromatic nitrogens is 4. The van der Waals surface area contributed by atoms with E-state index in [0.29, 0.717) is 18.0 Å². The number of hydrogen-bond donors (Lipinski definition) is 1. The minimum Gasteiger partial charge on any atom is -0.381 e. The van der Waals surface area contributed by atoms with Gasteiger partial charge in [-0.2, -0.15) is 5.10 Å². The first-order valence-electron chi connectivity index (χ1n) is 10.5. The average Bonchev–Trinajstić information content (AvgIpc) is 3.33. The Balaban J connectivity index is 1.43. The van der Waals surface area contributed by atoms with Gasteiger partial charge in [-0.3, -0.25) is 9.69 Å². The quantitative estimate of drug-likeness (QED) is 0.737. The van der Waals surface area contributed by atoms with Crippen molar-refractivity contribution in [3.8, 4) is 0 Å². The number of rotatable bonds is 4. The molecule has 0 bridgehead atoms. The third-order valence-electron chi connectivity index (χ3n) is 6.26. The number of aromatic amines is 1. The van der Waals surface area contributed by atoms with Gasteiger partial charge in [0.05, 0.1) is 12.8 Å². The minimum atomic E-state index is -0.112. The van der Waals surface area contributed by atoms with Crippen LogP contribution in [0.4, 0.5) is 0 Å². The van der Waals surface area contributed by atoms with Gasteiger partial charge in [-0.05, 0) is 24.3 Å². The molecule has 0 amide bonds. The summed E-state index contributed by atoms with van der Waals surface area (Å²) >= 11 is 0. The second-order valence-corrected chi connectivity index (χ2v) is 8.43. The Morgan fingerprint density at radius 2 is 2.10 bits per heavy atom. The van der Waals surface area contributed by atoms with Gasteiger partial charge in [0, 0.05) is 38.1 Å².